The van der Waals surface area contributed by atoms with E-state index in [1.165, 1.54) is 0 Å². The first-order chi connectivity index (χ1) is 8.88. The molecule has 0 aromatic heterocycles. The molecule has 1 aromatic rings. The van der Waals surface area contributed by atoms with Crippen LogP contribution < -0.4 is 5.32 Å². The molecule has 0 aliphatic carbocycles. The molecule has 1 aromatic carbocycles. The quantitative estimate of drug-likeness (QED) is 0.806. The minimum absolute atomic E-state index is 0.101. The third-order valence-corrected chi connectivity index (χ3v) is 4.07. The van der Waals surface area contributed by atoms with Crippen molar-refractivity contribution in [1.82, 2.24) is 5.32 Å². The highest BCUT2D eigenvalue weighted by Crippen LogP contribution is 2.29. The molecule has 0 fully saturated rings. The van der Waals surface area contributed by atoms with E-state index < -0.39 is 11.5 Å². The zero-order valence-corrected chi connectivity index (χ0v) is 12.8. The summed E-state index contributed by atoms with van der Waals surface area (Å²) in [6.07, 6.45) is 0. The van der Waals surface area contributed by atoms with Crippen LogP contribution in [0.3, 0.4) is 0 Å². The van der Waals surface area contributed by atoms with E-state index in [9.17, 15) is 9.90 Å². The third-order valence-electron chi connectivity index (χ3n) is 2.80. The fourth-order valence-electron chi connectivity index (χ4n) is 1.96. The van der Waals surface area contributed by atoms with Crippen LogP contribution in [-0.2, 0) is 10.3 Å². The lowest BCUT2D eigenvalue weighted by molar-refractivity contribution is -0.144. The maximum atomic E-state index is 11.9. The lowest BCUT2D eigenvalue weighted by atomic mass is 9.91. The molecular weight excluding hydrogens is 258 g/mol. The monoisotopic (exact) mass is 281 g/mol. The second-order valence-corrected chi connectivity index (χ2v) is 6.80. The van der Waals surface area contributed by atoms with Gasteiger partial charge in [-0.05, 0) is 24.7 Å². The molecule has 19 heavy (non-hydrogen) atoms. The minimum Gasteiger partial charge on any atom is -0.480 e. The number of carbonyl (C=O) groups is 1. The molecule has 1 unspecified atom stereocenters. The van der Waals surface area contributed by atoms with Crippen LogP contribution in [0.25, 0.3) is 0 Å². The van der Waals surface area contributed by atoms with Crippen LogP contribution in [0, 0.1) is 0 Å². The summed E-state index contributed by atoms with van der Waals surface area (Å²) in [4.78, 5) is 11.9. The van der Waals surface area contributed by atoms with Gasteiger partial charge in [0.15, 0.2) is 5.54 Å². The maximum absolute atomic E-state index is 11.9. The Bertz CT molecular complexity index is 406. The van der Waals surface area contributed by atoms with E-state index in [1.54, 1.807) is 11.8 Å². The van der Waals surface area contributed by atoms with Gasteiger partial charge < -0.3 is 5.11 Å². The van der Waals surface area contributed by atoms with Crippen LogP contribution in [0.2, 0.25) is 0 Å². The molecule has 0 saturated heterocycles. The molecule has 3 nitrogen and oxygen atoms in total. The van der Waals surface area contributed by atoms with Gasteiger partial charge >= 0.3 is 5.97 Å². The molecule has 1 rings (SSSR count). The number of carboxylic acid groups (broad SMARTS) is 1. The summed E-state index contributed by atoms with van der Waals surface area (Å²) in [7, 11) is 0. The van der Waals surface area contributed by atoms with Gasteiger partial charge in [-0.3, -0.25) is 5.32 Å². The Morgan fingerprint density at radius 1 is 1.26 bits per heavy atom. The van der Waals surface area contributed by atoms with Gasteiger partial charge in [-0.15, -0.1) is 0 Å². The standard InChI is InChI=1S/C15H23NO2S/c1-11(2)16-15(14(17)18,10-19-12(3)4)13-8-6-5-7-9-13/h5-9,11-12,16H,10H2,1-4H3,(H,17,18). The van der Waals surface area contributed by atoms with Crippen LogP contribution in [0.1, 0.15) is 33.3 Å². The number of aliphatic carboxylic acids is 1. The van der Waals surface area contributed by atoms with Crippen molar-refractivity contribution in [2.24, 2.45) is 0 Å². The predicted molar refractivity (Wildman–Crippen MR) is 81.6 cm³/mol. The average molecular weight is 281 g/mol. The number of nitrogens with one attached hydrogen (secondary N) is 1. The number of rotatable bonds is 7. The molecule has 0 saturated carbocycles. The minimum atomic E-state index is -1.02. The maximum Gasteiger partial charge on any atom is 0.329 e. The van der Waals surface area contributed by atoms with Gasteiger partial charge in [-0.1, -0.05) is 44.2 Å². The summed E-state index contributed by atoms with van der Waals surface area (Å²) in [5.41, 5.74) is -0.214. The molecule has 0 aliphatic heterocycles. The summed E-state index contributed by atoms with van der Waals surface area (Å²) in [6.45, 7) is 8.11. The molecule has 0 bridgehead atoms. The van der Waals surface area contributed by atoms with Gasteiger partial charge in [0.05, 0.1) is 0 Å². The largest absolute Gasteiger partial charge is 0.480 e. The van der Waals surface area contributed by atoms with Crippen molar-refractivity contribution in [2.75, 3.05) is 5.75 Å². The van der Waals surface area contributed by atoms with Crippen molar-refractivity contribution < 1.29 is 9.90 Å². The summed E-state index contributed by atoms with van der Waals surface area (Å²) in [5.74, 6) is -0.303. The average Bonchev–Trinajstić information content (AvgIpc) is 2.34. The first kappa shape index (κ1) is 16.1. The van der Waals surface area contributed by atoms with E-state index in [4.69, 9.17) is 0 Å². The SMILES string of the molecule is CC(C)NC(CSC(C)C)(C(=O)O)c1ccccc1. The van der Waals surface area contributed by atoms with Crippen LogP contribution in [0.15, 0.2) is 30.3 Å². The number of hydrogen-bond acceptors (Lipinski definition) is 3. The van der Waals surface area contributed by atoms with E-state index in [0.29, 0.717) is 11.0 Å². The summed E-state index contributed by atoms with van der Waals surface area (Å²) in [6, 6.07) is 9.53. The molecule has 0 amide bonds. The second-order valence-electron chi connectivity index (χ2n) is 5.24. The number of benzene rings is 1. The number of thioether (sulfide) groups is 1. The number of hydrogen-bond donors (Lipinski definition) is 2. The first-order valence-electron chi connectivity index (χ1n) is 6.56. The molecule has 4 heteroatoms. The zero-order valence-electron chi connectivity index (χ0n) is 12.0. The summed E-state index contributed by atoms with van der Waals surface area (Å²) >= 11 is 1.66. The fourth-order valence-corrected chi connectivity index (χ4v) is 2.92. The van der Waals surface area contributed by atoms with Crippen molar-refractivity contribution in [3.8, 4) is 0 Å². The van der Waals surface area contributed by atoms with Gasteiger partial charge in [0, 0.05) is 11.8 Å². The Morgan fingerprint density at radius 3 is 2.26 bits per heavy atom. The molecule has 1 atom stereocenters. The Kier molecular flexibility index (Phi) is 5.88. The van der Waals surface area contributed by atoms with Crippen molar-refractivity contribution in [1.29, 1.82) is 0 Å². The molecule has 0 heterocycles. The van der Waals surface area contributed by atoms with Gasteiger partial charge in [0.1, 0.15) is 0 Å². The molecule has 0 radical (unpaired) electrons. The van der Waals surface area contributed by atoms with Gasteiger partial charge in [-0.25, -0.2) is 4.79 Å². The first-order valence-corrected chi connectivity index (χ1v) is 7.61. The summed E-state index contributed by atoms with van der Waals surface area (Å²) in [5, 5.41) is 13.4. The van der Waals surface area contributed by atoms with Crippen molar-refractivity contribution in [3.63, 3.8) is 0 Å². The lowest BCUT2D eigenvalue weighted by Crippen LogP contribution is -2.54. The Labute approximate surface area is 119 Å². The molecule has 0 aliphatic rings. The smallest absolute Gasteiger partial charge is 0.329 e. The van der Waals surface area contributed by atoms with Crippen LogP contribution in [0.4, 0.5) is 0 Å². The van der Waals surface area contributed by atoms with Crippen molar-refractivity contribution in [3.05, 3.63) is 35.9 Å². The van der Waals surface area contributed by atoms with E-state index in [1.807, 2.05) is 44.2 Å². The van der Waals surface area contributed by atoms with Crippen LogP contribution in [0.5, 0.6) is 0 Å². The van der Waals surface area contributed by atoms with Crippen LogP contribution >= 0.6 is 11.8 Å². The Balaban J connectivity index is 3.15. The molecule has 2 N–H and O–H groups in total. The summed E-state index contributed by atoms with van der Waals surface area (Å²) < 4.78 is 0. The predicted octanol–water partition coefficient (Wildman–Crippen LogP) is 3.11. The number of carboxylic acids is 1. The Hall–Kier alpha value is -1.00. The topological polar surface area (TPSA) is 49.3 Å². The zero-order chi connectivity index (χ0) is 14.5. The van der Waals surface area contributed by atoms with E-state index in [2.05, 4.69) is 19.2 Å². The normalized spacial score (nSPS) is 14.6. The fraction of sp³-hybridized carbons (Fsp3) is 0.533. The Morgan fingerprint density at radius 2 is 1.84 bits per heavy atom. The van der Waals surface area contributed by atoms with Crippen LogP contribution in [-0.4, -0.2) is 28.1 Å². The van der Waals surface area contributed by atoms with Gasteiger partial charge in [0.2, 0.25) is 0 Å². The highest BCUT2D eigenvalue weighted by molar-refractivity contribution is 7.99. The van der Waals surface area contributed by atoms with E-state index in [-0.39, 0.29) is 6.04 Å². The van der Waals surface area contributed by atoms with Gasteiger partial charge in [-0.2, -0.15) is 11.8 Å². The van der Waals surface area contributed by atoms with Gasteiger partial charge in [0.25, 0.3) is 0 Å². The van der Waals surface area contributed by atoms with Crippen molar-refractivity contribution in [2.45, 2.75) is 44.5 Å². The molecule has 0 spiro atoms. The molecular formula is C15H23NO2S. The lowest BCUT2D eigenvalue weighted by Gasteiger charge is -2.33. The van der Waals surface area contributed by atoms with E-state index >= 15 is 0 Å². The second kappa shape index (κ2) is 6.96. The highest BCUT2D eigenvalue weighted by Gasteiger charge is 2.40. The van der Waals surface area contributed by atoms with E-state index in [0.717, 1.165) is 5.56 Å². The highest BCUT2D eigenvalue weighted by atomic mass is 32.2. The van der Waals surface area contributed by atoms with Crippen molar-refractivity contribution >= 4 is 17.7 Å². The third kappa shape index (κ3) is 4.25. The molecule has 106 valence electrons.